The van der Waals surface area contributed by atoms with E-state index >= 15 is 0 Å². The summed E-state index contributed by atoms with van der Waals surface area (Å²) in [5.74, 6) is 0.642. The molecular weight excluding hydrogens is 344 g/mol. The average molecular weight is 361 g/mol. The maximum absolute atomic E-state index is 12.6. The molecule has 1 aliphatic rings. The fraction of sp³-hybridized carbons (Fsp3) is 0.294. The first-order chi connectivity index (χ1) is 12.0. The van der Waals surface area contributed by atoms with Crippen LogP contribution in [0.3, 0.4) is 0 Å². The van der Waals surface area contributed by atoms with Crippen LogP contribution in [0.4, 0.5) is 11.5 Å². The molecule has 8 heteroatoms. The number of carbonyl (C=O) groups excluding carboxylic acids is 1. The number of hydrogen-bond acceptors (Lipinski definition) is 5. The van der Waals surface area contributed by atoms with E-state index in [0.29, 0.717) is 36.0 Å². The third-order valence-electron chi connectivity index (χ3n) is 4.12. The summed E-state index contributed by atoms with van der Waals surface area (Å²) in [5, 5.41) is 11.3. The van der Waals surface area contributed by atoms with Crippen molar-refractivity contribution in [3.8, 4) is 0 Å². The quantitative estimate of drug-likeness (QED) is 0.621. The van der Waals surface area contributed by atoms with Crippen molar-refractivity contribution >= 4 is 29.0 Å². The molecule has 1 fully saturated rings. The lowest BCUT2D eigenvalue weighted by Gasteiger charge is -2.22. The SMILES string of the molecule is O=C(c1cccc(Cl)c1)N1CCCN(c2ccc([N+](=O)[O-])cn2)CC1. The van der Waals surface area contributed by atoms with E-state index < -0.39 is 4.92 Å². The Kier molecular flexibility index (Phi) is 5.14. The first-order valence-corrected chi connectivity index (χ1v) is 8.32. The number of nitro groups is 1. The highest BCUT2D eigenvalue weighted by atomic mass is 35.5. The molecule has 0 spiro atoms. The largest absolute Gasteiger partial charge is 0.355 e. The summed E-state index contributed by atoms with van der Waals surface area (Å²) in [5.41, 5.74) is 0.547. The van der Waals surface area contributed by atoms with E-state index in [-0.39, 0.29) is 11.6 Å². The molecule has 0 aliphatic carbocycles. The molecule has 0 unspecified atom stereocenters. The van der Waals surface area contributed by atoms with Crippen LogP contribution in [-0.4, -0.2) is 46.9 Å². The third kappa shape index (κ3) is 4.06. The minimum absolute atomic E-state index is 0.0312. The van der Waals surface area contributed by atoms with E-state index in [4.69, 9.17) is 11.6 Å². The van der Waals surface area contributed by atoms with Gasteiger partial charge < -0.3 is 9.80 Å². The van der Waals surface area contributed by atoms with Gasteiger partial charge in [-0.25, -0.2) is 4.98 Å². The van der Waals surface area contributed by atoms with E-state index in [1.165, 1.54) is 12.3 Å². The highest BCUT2D eigenvalue weighted by Crippen LogP contribution is 2.19. The van der Waals surface area contributed by atoms with Gasteiger partial charge in [0.25, 0.3) is 11.6 Å². The van der Waals surface area contributed by atoms with Crippen LogP contribution in [0.1, 0.15) is 16.8 Å². The van der Waals surface area contributed by atoms with Crippen LogP contribution in [0.15, 0.2) is 42.6 Å². The molecule has 1 aromatic heterocycles. The lowest BCUT2D eigenvalue weighted by Crippen LogP contribution is -2.35. The van der Waals surface area contributed by atoms with Gasteiger partial charge in [0.05, 0.1) is 4.92 Å². The van der Waals surface area contributed by atoms with E-state index in [9.17, 15) is 14.9 Å². The summed E-state index contributed by atoms with van der Waals surface area (Å²) in [6, 6.07) is 10.0. The molecule has 0 saturated carbocycles. The molecule has 1 aliphatic heterocycles. The summed E-state index contributed by atoms with van der Waals surface area (Å²) >= 11 is 5.96. The van der Waals surface area contributed by atoms with Gasteiger partial charge in [-0.15, -0.1) is 0 Å². The van der Waals surface area contributed by atoms with Crippen LogP contribution >= 0.6 is 11.6 Å². The van der Waals surface area contributed by atoms with Gasteiger partial charge in [0.1, 0.15) is 12.0 Å². The zero-order valence-electron chi connectivity index (χ0n) is 13.5. The molecule has 1 saturated heterocycles. The van der Waals surface area contributed by atoms with Crippen molar-refractivity contribution in [1.82, 2.24) is 9.88 Å². The monoisotopic (exact) mass is 360 g/mol. The van der Waals surface area contributed by atoms with Crippen molar-refractivity contribution in [2.24, 2.45) is 0 Å². The summed E-state index contributed by atoms with van der Waals surface area (Å²) in [7, 11) is 0. The van der Waals surface area contributed by atoms with Gasteiger partial charge >= 0.3 is 0 Å². The molecule has 2 aromatic rings. The Bertz CT molecular complexity index is 782. The molecule has 1 aromatic carbocycles. The Labute approximate surface area is 150 Å². The Morgan fingerprint density at radius 1 is 1.16 bits per heavy atom. The first kappa shape index (κ1) is 17.2. The number of anilines is 1. The number of carbonyl (C=O) groups is 1. The summed E-state index contributed by atoms with van der Waals surface area (Å²) in [6.45, 7) is 2.57. The van der Waals surface area contributed by atoms with E-state index in [1.54, 1.807) is 35.2 Å². The van der Waals surface area contributed by atoms with Gasteiger partial charge in [0.2, 0.25) is 0 Å². The fourth-order valence-corrected chi connectivity index (χ4v) is 3.02. The van der Waals surface area contributed by atoms with Crippen LogP contribution in [0.25, 0.3) is 0 Å². The minimum atomic E-state index is -0.468. The van der Waals surface area contributed by atoms with Gasteiger partial charge in [-0.05, 0) is 30.7 Å². The number of benzene rings is 1. The van der Waals surface area contributed by atoms with Crippen molar-refractivity contribution in [3.05, 3.63) is 63.3 Å². The molecule has 0 N–H and O–H groups in total. The van der Waals surface area contributed by atoms with E-state index in [1.807, 2.05) is 4.90 Å². The van der Waals surface area contributed by atoms with Crippen molar-refractivity contribution < 1.29 is 9.72 Å². The van der Waals surface area contributed by atoms with Gasteiger partial charge in [-0.2, -0.15) is 0 Å². The zero-order valence-corrected chi connectivity index (χ0v) is 14.2. The number of halogens is 1. The second-order valence-corrected chi connectivity index (χ2v) is 6.21. The predicted molar refractivity (Wildman–Crippen MR) is 95.1 cm³/mol. The normalized spacial score (nSPS) is 14.9. The summed E-state index contributed by atoms with van der Waals surface area (Å²) in [6.07, 6.45) is 2.06. The molecule has 0 atom stereocenters. The van der Waals surface area contributed by atoms with Crippen molar-refractivity contribution in [1.29, 1.82) is 0 Å². The molecule has 0 bridgehead atoms. The number of amides is 1. The summed E-state index contributed by atoms with van der Waals surface area (Å²) < 4.78 is 0. The minimum Gasteiger partial charge on any atom is -0.355 e. The molecule has 1 amide bonds. The van der Waals surface area contributed by atoms with Gasteiger partial charge in [-0.1, -0.05) is 17.7 Å². The highest BCUT2D eigenvalue weighted by Gasteiger charge is 2.21. The van der Waals surface area contributed by atoms with E-state index in [0.717, 1.165) is 13.0 Å². The maximum atomic E-state index is 12.6. The Morgan fingerprint density at radius 2 is 2.00 bits per heavy atom. The number of pyridine rings is 1. The molecule has 2 heterocycles. The Balaban J connectivity index is 1.67. The Hall–Kier alpha value is -2.67. The number of aromatic nitrogens is 1. The third-order valence-corrected chi connectivity index (χ3v) is 4.36. The van der Waals surface area contributed by atoms with Crippen LogP contribution in [-0.2, 0) is 0 Å². The predicted octanol–water partition coefficient (Wildman–Crippen LogP) is 3.00. The van der Waals surface area contributed by atoms with Gasteiger partial charge in [0.15, 0.2) is 0 Å². The fourth-order valence-electron chi connectivity index (χ4n) is 2.83. The maximum Gasteiger partial charge on any atom is 0.287 e. The van der Waals surface area contributed by atoms with E-state index in [2.05, 4.69) is 4.98 Å². The summed E-state index contributed by atoms with van der Waals surface area (Å²) in [4.78, 5) is 30.9. The first-order valence-electron chi connectivity index (χ1n) is 7.95. The van der Waals surface area contributed by atoms with Crippen LogP contribution in [0, 0.1) is 10.1 Å². The van der Waals surface area contributed by atoms with Gasteiger partial charge in [-0.3, -0.25) is 14.9 Å². The Morgan fingerprint density at radius 3 is 2.68 bits per heavy atom. The lowest BCUT2D eigenvalue weighted by atomic mass is 10.2. The topological polar surface area (TPSA) is 79.6 Å². The zero-order chi connectivity index (χ0) is 17.8. The number of rotatable bonds is 3. The molecule has 130 valence electrons. The molecule has 7 nitrogen and oxygen atoms in total. The standard InChI is InChI=1S/C17H17ClN4O3/c18-14-4-1-3-13(11-14)17(23)21-8-2-7-20(9-10-21)16-6-5-15(12-19-16)22(24)25/h1,3-6,11-12H,2,7-10H2. The van der Waals surface area contributed by atoms with Gasteiger partial charge in [0, 0.05) is 42.8 Å². The van der Waals surface area contributed by atoms with Crippen LogP contribution < -0.4 is 4.90 Å². The molecule has 0 radical (unpaired) electrons. The van der Waals surface area contributed by atoms with Crippen molar-refractivity contribution in [3.63, 3.8) is 0 Å². The molecular formula is C17H17ClN4O3. The average Bonchev–Trinajstić information content (AvgIpc) is 2.87. The lowest BCUT2D eigenvalue weighted by molar-refractivity contribution is -0.385. The number of nitrogens with zero attached hydrogens (tertiary/aromatic N) is 4. The highest BCUT2D eigenvalue weighted by molar-refractivity contribution is 6.30. The van der Waals surface area contributed by atoms with Crippen molar-refractivity contribution in [2.75, 3.05) is 31.1 Å². The molecule has 3 rings (SSSR count). The molecule has 25 heavy (non-hydrogen) atoms. The van der Waals surface area contributed by atoms with Crippen molar-refractivity contribution in [2.45, 2.75) is 6.42 Å². The van der Waals surface area contributed by atoms with Crippen LogP contribution in [0.5, 0.6) is 0 Å². The second kappa shape index (κ2) is 7.48. The second-order valence-electron chi connectivity index (χ2n) is 5.77. The van der Waals surface area contributed by atoms with Crippen LogP contribution in [0.2, 0.25) is 5.02 Å². The smallest absolute Gasteiger partial charge is 0.287 e. The number of hydrogen-bond donors (Lipinski definition) is 0.